The Morgan fingerprint density at radius 3 is 2.43 bits per heavy atom. The quantitative estimate of drug-likeness (QED) is 0.676. The molecule has 0 bridgehead atoms. The number of carbonyl (C=O) groups is 1. The fourth-order valence-electron chi connectivity index (χ4n) is 2.07. The first-order chi connectivity index (χ1) is 9.88. The third kappa shape index (κ3) is 3.60. The Kier molecular flexibility index (Phi) is 4.61. The molecule has 1 aromatic rings. The van der Waals surface area contributed by atoms with Crippen molar-refractivity contribution in [2.24, 2.45) is 0 Å². The molecule has 0 radical (unpaired) electrons. The molecule has 1 N–H and O–H groups in total. The van der Waals surface area contributed by atoms with Gasteiger partial charge in [0.2, 0.25) is 0 Å². The largest absolute Gasteiger partial charge is 0.349 e. The summed E-state index contributed by atoms with van der Waals surface area (Å²) in [4.78, 5) is 21.9. The Balaban J connectivity index is 2.20. The number of nitro groups is 1. The Hall–Kier alpha value is -1.90. The molecule has 21 heavy (non-hydrogen) atoms. The number of hydrogen-bond donors (Lipinski definition) is 1. The highest BCUT2D eigenvalue weighted by Gasteiger charge is 2.26. The lowest BCUT2D eigenvalue weighted by molar-refractivity contribution is -0.385. The number of nitro benzene ring substituents is 1. The first-order valence-electron chi connectivity index (χ1n) is 6.17. The fourth-order valence-corrected chi connectivity index (χ4v) is 3.37. The second-order valence-corrected chi connectivity index (χ2v) is 6.33. The van der Waals surface area contributed by atoms with Crippen LogP contribution in [0.15, 0.2) is 12.1 Å². The Morgan fingerprint density at radius 2 is 1.86 bits per heavy atom. The predicted octanol–water partition coefficient (Wildman–Crippen LogP) is 1.51. The van der Waals surface area contributed by atoms with Crippen LogP contribution < -0.4 is 5.32 Å². The van der Waals surface area contributed by atoms with Gasteiger partial charge in [-0.3, -0.25) is 19.1 Å². The van der Waals surface area contributed by atoms with Crippen molar-refractivity contribution in [2.75, 3.05) is 11.5 Å². The molecule has 6 nitrogen and oxygen atoms in total. The summed E-state index contributed by atoms with van der Waals surface area (Å²) in [6, 6.07) is 0.632. The lowest BCUT2D eigenvalue weighted by Gasteiger charge is -2.22. The molecule has 2 rings (SSSR count). The van der Waals surface area contributed by atoms with Gasteiger partial charge in [-0.2, -0.15) is 0 Å². The number of hydrogen-bond acceptors (Lipinski definition) is 4. The number of carbonyl (C=O) groups excluding carboxylic acids is 1. The Morgan fingerprint density at radius 1 is 1.29 bits per heavy atom. The first-order valence-corrected chi connectivity index (χ1v) is 7.66. The van der Waals surface area contributed by atoms with Gasteiger partial charge in [0.05, 0.1) is 11.0 Å². The van der Waals surface area contributed by atoms with Gasteiger partial charge in [0, 0.05) is 28.3 Å². The van der Waals surface area contributed by atoms with Crippen molar-refractivity contribution in [3.63, 3.8) is 0 Å². The maximum absolute atomic E-state index is 13.2. The van der Waals surface area contributed by atoms with E-state index in [0.717, 1.165) is 0 Å². The zero-order valence-corrected chi connectivity index (χ0v) is 11.6. The molecule has 1 amide bonds. The van der Waals surface area contributed by atoms with Gasteiger partial charge in [0.1, 0.15) is 5.56 Å². The van der Waals surface area contributed by atoms with Crippen LogP contribution in [-0.4, -0.2) is 32.6 Å². The summed E-state index contributed by atoms with van der Waals surface area (Å²) < 4.78 is 37.4. The van der Waals surface area contributed by atoms with Gasteiger partial charge in [-0.25, -0.2) is 8.78 Å². The molecule has 0 saturated carbocycles. The van der Waals surface area contributed by atoms with Crippen LogP contribution in [-0.2, 0) is 10.8 Å². The monoisotopic (exact) mass is 318 g/mol. The van der Waals surface area contributed by atoms with Gasteiger partial charge in [-0.05, 0) is 18.9 Å². The van der Waals surface area contributed by atoms with Crippen LogP contribution in [0.5, 0.6) is 0 Å². The average molecular weight is 318 g/mol. The zero-order valence-electron chi connectivity index (χ0n) is 10.8. The van der Waals surface area contributed by atoms with Crippen LogP contribution in [0.1, 0.15) is 23.2 Å². The highest BCUT2D eigenvalue weighted by molar-refractivity contribution is 7.85. The molecule has 1 saturated heterocycles. The Bertz CT molecular complexity index is 614. The standard InChI is InChI=1S/C12H12F2N2O4S/c13-9-5-8(11(16(18)19)6-10(9)14)12(17)15-7-1-3-21(20)4-2-7/h5-7H,1-4H2,(H,15,17). The van der Waals surface area contributed by atoms with E-state index >= 15 is 0 Å². The van der Waals surface area contributed by atoms with Crippen molar-refractivity contribution in [2.45, 2.75) is 18.9 Å². The summed E-state index contributed by atoms with van der Waals surface area (Å²) in [6.45, 7) is 0. The smallest absolute Gasteiger partial charge is 0.285 e. The first kappa shape index (κ1) is 15.5. The summed E-state index contributed by atoms with van der Waals surface area (Å²) in [6.07, 6.45) is 0.964. The van der Waals surface area contributed by atoms with Crippen LogP contribution in [0.3, 0.4) is 0 Å². The molecular weight excluding hydrogens is 306 g/mol. The number of halogens is 2. The number of nitrogens with one attached hydrogen (secondary N) is 1. The minimum absolute atomic E-state index is 0.275. The number of benzene rings is 1. The van der Waals surface area contributed by atoms with E-state index in [0.29, 0.717) is 36.5 Å². The molecule has 1 aliphatic heterocycles. The van der Waals surface area contributed by atoms with Gasteiger partial charge in [-0.1, -0.05) is 0 Å². The second kappa shape index (κ2) is 6.25. The average Bonchev–Trinajstić information content (AvgIpc) is 2.43. The number of amides is 1. The SMILES string of the molecule is O=C(NC1CCS(=O)CC1)c1cc(F)c(F)cc1[N+](=O)[O-]. The fraction of sp³-hybridized carbons (Fsp3) is 0.417. The summed E-state index contributed by atoms with van der Waals surface area (Å²) in [5.41, 5.74) is -1.31. The van der Waals surface area contributed by atoms with E-state index in [9.17, 15) is 27.9 Å². The molecule has 9 heteroatoms. The molecule has 0 spiro atoms. The highest BCUT2D eigenvalue weighted by atomic mass is 32.2. The van der Waals surface area contributed by atoms with Gasteiger partial charge in [0.25, 0.3) is 11.6 Å². The van der Waals surface area contributed by atoms with Gasteiger partial charge < -0.3 is 5.32 Å². The minimum Gasteiger partial charge on any atom is -0.349 e. The minimum atomic E-state index is -1.38. The summed E-state index contributed by atoms with van der Waals surface area (Å²) >= 11 is 0. The predicted molar refractivity (Wildman–Crippen MR) is 71.4 cm³/mol. The van der Waals surface area contributed by atoms with Gasteiger partial charge >= 0.3 is 0 Å². The molecular formula is C12H12F2N2O4S. The van der Waals surface area contributed by atoms with Crippen LogP contribution in [0, 0.1) is 21.7 Å². The van der Waals surface area contributed by atoms with Gasteiger partial charge in [0.15, 0.2) is 11.6 Å². The number of nitrogens with zero attached hydrogens (tertiary/aromatic N) is 1. The van der Waals surface area contributed by atoms with Crippen LogP contribution >= 0.6 is 0 Å². The lowest BCUT2D eigenvalue weighted by Crippen LogP contribution is -2.39. The van der Waals surface area contributed by atoms with Crippen LogP contribution in [0.2, 0.25) is 0 Å². The van der Waals surface area contributed by atoms with E-state index < -0.39 is 44.5 Å². The maximum Gasteiger partial charge on any atom is 0.285 e. The van der Waals surface area contributed by atoms with E-state index in [1.54, 1.807) is 0 Å². The van der Waals surface area contributed by atoms with Crippen molar-refractivity contribution in [3.8, 4) is 0 Å². The molecule has 1 aromatic carbocycles. The van der Waals surface area contributed by atoms with E-state index in [1.165, 1.54) is 0 Å². The molecule has 0 unspecified atom stereocenters. The molecule has 0 aliphatic carbocycles. The molecule has 1 heterocycles. The van der Waals surface area contributed by atoms with Gasteiger partial charge in [-0.15, -0.1) is 0 Å². The molecule has 1 aliphatic rings. The molecule has 114 valence electrons. The topological polar surface area (TPSA) is 89.3 Å². The normalized spacial score (nSPS) is 21.8. The van der Waals surface area contributed by atoms with Crippen LogP contribution in [0.25, 0.3) is 0 Å². The molecule has 1 fully saturated rings. The van der Waals surface area contributed by atoms with E-state index in [1.807, 2.05) is 0 Å². The molecule has 0 aromatic heterocycles. The molecule has 0 atom stereocenters. The van der Waals surface area contributed by atoms with E-state index in [4.69, 9.17) is 0 Å². The summed E-state index contributed by atoms with van der Waals surface area (Å²) in [5.74, 6) is -2.67. The van der Waals surface area contributed by atoms with Crippen molar-refractivity contribution in [3.05, 3.63) is 39.4 Å². The highest BCUT2D eigenvalue weighted by Crippen LogP contribution is 2.23. The third-order valence-electron chi connectivity index (χ3n) is 3.20. The summed E-state index contributed by atoms with van der Waals surface area (Å²) in [7, 11) is -0.908. The van der Waals surface area contributed by atoms with Crippen LogP contribution in [0.4, 0.5) is 14.5 Å². The summed E-state index contributed by atoms with van der Waals surface area (Å²) in [5, 5.41) is 13.4. The Labute approximate surface area is 121 Å². The second-order valence-electron chi connectivity index (χ2n) is 4.64. The third-order valence-corrected chi connectivity index (χ3v) is 4.59. The van der Waals surface area contributed by atoms with Crippen molar-refractivity contribution >= 4 is 22.4 Å². The van der Waals surface area contributed by atoms with E-state index in [-0.39, 0.29) is 6.04 Å². The van der Waals surface area contributed by atoms with Crippen molar-refractivity contribution in [1.29, 1.82) is 0 Å². The van der Waals surface area contributed by atoms with Crippen molar-refractivity contribution < 1.29 is 22.7 Å². The zero-order chi connectivity index (χ0) is 15.6. The van der Waals surface area contributed by atoms with E-state index in [2.05, 4.69) is 5.32 Å². The number of rotatable bonds is 3. The maximum atomic E-state index is 13.2. The lowest BCUT2D eigenvalue weighted by atomic mass is 10.1. The van der Waals surface area contributed by atoms with Crippen molar-refractivity contribution in [1.82, 2.24) is 5.32 Å².